The number of nitrogens with zero attached hydrogens (tertiary/aromatic N) is 1. The highest BCUT2D eigenvalue weighted by molar-refractivity contribution is 9.10. The van der Waals surface area contributed by atoms with E-state index in [0.29, 0.717) is 5.56 Å². The van der Waals surface area contributed by atoms with E-state index < -0.39 is 12.3 Å². The zero-order valence-corrected chi connectivity index (χ0v) is 10.8. The second kappa shape index (κ2) is 5.93. The number of hydrogen-bond acceptors (Lipinski definition) is 5. The van der Waals surface area contributed by atoms with Crippen molar-refractivity contribution >= 4 is 21.9 Å². The smallest absolute Gasteiger partial charge is 0.357 e. The highest BCUT2D eigenvalue weighted by Crippen LogP contribution is 2.24. The van der Waals surface area contributed by atoms with Gasteiger partial charge in [0.05, 0.1) is 7.11 Å². The van der Waals surface area contributed by atoms with Crippen molar-refractivity contribution in [3.05, 3.63) is 28.0 Å². The molecule has 0 bridgehead atoms. The molecule has 0 saturated heterocycles. The topological polar surface area (TPSA) is 57.7 Å². The van der Waals surface area contributed by atoms with Crippen molar-refractivity contribution in [2.24, 2.45) is 0 Å². The van der Waals surface area contributed by atoms with Gasteiger partial charge in [-0.25, -0.2) is 9.78 Å². The van der Waals surface area contributed by atoms with Gasteiger partial charge < -0.3 is 14.2 Å². The molecular formula is C10H12BrNO4. The van der Waals surface area contributed by atoms with Gasteiger partial charge >= 0.3 is 5.97 Å². The van der Waals surface area contributed by atoms with E-state index in [1.54, 1.807) is 6.07 Å². The largest absolute Gasteiger partial charge is 0.464 e. The molecule has 0 aliphatic heterocycles. The van der Waals surface area contributed by atoms with E-state index in [1.807, 2.05) is 0 Å². The number of pyridine rings is 1. The molecule has 0 radical (unpaired) electrons. The number of aromatic nitrogens is 1. The second-order valence-corrected chi connectivity index (χ2v) is 3.80. The third-order valence-corrected chi connectivity index (χ3v) is 2.38. The molecule has 0 N–H and O–H groups in total. The van der Waals surface area contributed by atoms with Crippen LogP contribution in [0.15, 0.2) is 16.7 Å². The lowest BCUT2D eigenvalue weighted by Gasteiger charge is -2.16. The van der Waals surface area contributed by atoms with Crippen LogP contribution >= 0.6 is 15.9 Å². The number of methoxy groups -OCH3 is 3. The summed E-state index contributed by atoms with van der Waals surface area (Å²) in [5.74, 6) is -0.526. The van der Waals surface area contributed by atoms with Crippen molar-refractivity contribution in [3.63, 3.8) is 0 Å². The highest BCUT2D eigenvalue weighted by atomic mass is 79.9. The Morgan fingerprint density at radius 1 is 1.38 bits per heavy atom. The van der Waals surface area contributed by atoms with E-state index in [-0.39, 0.29) is 5.69 Å². The fourth-order valence-corrected chi connectivity index (χ4v) is 1.60. The molecule has 1 aromatic rings. The molecule has 1 rings (SSSR count). The lowest BCUT2D eigenvalue weighted by Crippen LogP contribution is -2.14. The highest BCUT2D eigenvalue weighted by Gasteiger charge is 2.21. The predicted octanol–water partition coefficient (Wildman–Crippen LogP) is 1.92. The Bertz CT molecular complexity index is 379. The molecule has 0 aliphatic carbocycles. The van der Waals surface area contributed by atoms with E-state index in [0.717, 1.165) is 4.47 Å². The predicted molar refractivity (Wildman–Crippen MR) is 60.0 cm³/mol. The minimum absolute atomic E-state index is 0.180. The SMILES string of the molecule is COC(=O)c1ncc(Br)cc1C(OC)OC. The molecule has 0 fully saturated rings. The van der Waals surface area contributed by atoms with Crippen LogP contribution < -0.4 is 0 Å². The van der Waals surface area contributed by atoms with Crippen LogP contribution in [0.5, 0.6) is 0 Å². The molecule has 1 aromatic heterocycles. The normalized spacial score (nSPS) is 10.6. The van der Waals surface area contributed by atoms with Gasteiger partial charge in [-0.15, -0.1) is 0 Å². The van der Waals surface area contributed by atoms with Gasteiger partial charge in [-0.3, -0.25) is 0 Å². The van der Waals surface area contributed by atoms with Crippen molar-refractivity contribution in [2.75, 3.05) is 21.3 Å². The second-order valence-electron chi connectivity index (χ2n) is 2.89. The molecule has 0 aromatic carbocycles. The number of hydrogen-bond donors (Lipinski definition) is 0. The molecule has 0 unspecified atom stereocenters. The van der Waals surface area contributed by atoms with E-state index in [1.165, 1.54) is 27.5 Å². The maximum absolute atomic E-state index is 11.5. The average molecular weight is 290 g/mol. The Kier molecular flexibility index (Phi) is 4.85. The first-order valence-corrected chi connectivity index (χ1v) is 5.22. The molecule has 6 heteroatoms. The molecule has 88 valence electrons. The van der Waals surface area contributed by atoms with Crippen LogP contribution in [0.1, 0.15) is 22.3 Å². The van der Waals surface area contributed by atoms with Crippen molar-refractivity contribution < 1.29 is 19.0 Å². The van der Waals surface area contributed by atoms with Gasteiger partial charge in [-0.2, -0.15) is 0 Å². The zero-order valence-electron chi connectivity index (χ0n) is 9.19. The Hall–Kier alpha value is -0.980. The molecule has 0 atom stereocenters. The van der Waals surface area contributed by atoms with Gasteiger partial charge in [0.1, 0.15) is 0 Å². The van der Waals surface area contributed by atoms with Crippen LogP contribution in [0.2, 0.25) is 0 Å². The fourth-order valence-electron chi connectivity index (χ4n) is 1.25. The molecule has 16 heavy (non-hydrogen) atoms. The van der Waals surface area contributed by atoms with Gasteiger partial charge in [0.25, 0.3) is 0 Å². The number of rotatable bonds is 4. The summed E-state index contributed by atoms with van der Waals surface area (Å²) in [7, 11) is 4.26. The lowest BCUT2D eigenvalue weighted by atomic mass is 10.2. The molecule has 5 nitrogen and oxygen atoms in total. The maximum Gasteiger partial charge on any atom is 0.357 e. The van der Waals surface area contributed by atoms with Gasteiger partial charge in [-0.1, -0.05) is 0 Å². The third-order valence-electron chi connectivity index (χ3n) is 1.94. The quantitative estimate of drug-likeness (QED) is 0.626. The molecule has 0 spiro atoms. The average Bonchev–Trinajstić information content (AvgIpc) is 2.30. The van der Waals surface area contributed by atoms with Gasteiger partial charge in [0.15, 0.2) is 12.0 Å². The van der Waals surface area contributed by atoms with E-state index >= 15 is 0 Å². The van der Waals surface area contributed by atoms with Crippen LogP contribution in [0.3, 0.4) is 0 Å². The first kappa shape index (κ1) is 13.1. The van der Waals surface area contributed by atoms with Crippen molar-refractivity contribution in [3.8, 4) is 0 Å². The van der Waals surface area contributed by atoms with Crippen LogP contribution in [-0.2, 0) is 14.2 Å². The summed E-state index contributed by atoms with van der Waals surface area (Å²) in [5.41, 5.74) is 0.700. The molecule has 0 amide bonds. The summed E-state index contributed by atoms with van der Waals surface area (Å²) in [5, 5.41) is 0. The summed E-state index contributed by atoms with van der Waals surface area (Å²) in [6.07, 6.45) is 0.858. The standard InChI is InChI=1S/C10H12BrNO4/c1-14-9(13)8-7(10(15-2)16-3)4-6(11)5-12-8/h4-5,10H,1-3H3. The molecule has 0 saturated carbocycles. The third kappa shape index (κ3) is 2.78. The van der Waals surface area contributed by atoms with Crippen LogP contribution in [0.4, 0.5) is 0 Å². The maximum atomic E-state index is 11.5. The number of carbonyl (C=O) groups is 1. The Labute approximate surface area is 102 Å². The summed E-state index contributed by atoms with van der Waals surface area (Å²) in [6, 6.07) is 1.71. The van der Waals surface area contributed by atoms with Crippen LogP contribution in [0.25, 0.3) is 0 Å². The van der Waals surface area contributed by atoms with Gasteiger partial charge in [0.2, 0.25) is 0 Å². The first-order valence-electron chi connectivity index (χ1n) is 4.43. The summed E-state index contributed by atoms with van der Waals surface area (Å²) in [4.78, 5) is 15.5. The first-order chi connectivity index (χ1) is 7.63. The fraction of sp³-hybridized carbons (Fsp3) is 0.400. The number of carbonyl (C=O) groups excluding carboxylic acids is 1. The molecular weight excluding hydrogens is 278 g/mol. The van der Waals surface area contributed by atoms with E-state index in [2.05, 4.69) is 25.7 Å². The number of esters is 1. The summed E-state index contributed by atoms with van der Waals surface area (Å²) < 4.78 is 15.5. The van der Waals surface area contributed by atoms with E-state index in [9.17, 15) is 4.79 Å². The summed E-state index contributed by atoms with van der Waals surface area (Å²) >= 11 is 3.27. The van der Waals surface area contributed by atoms with Crippen molar-refractivity contribution in [1.82, 2.24) is 4.98 Å². The van der Waals surface area contributed by atoms with Gasteiger partial charge in [0, 0.05) is 30.5 Å². The Morgan fingerprint density at radius 3 is 2.50 bits per heavy atom. The lowest BCUT2D eigenvalue weighted by molar-refractivity contribution is -0.106. The van der Waals surface area contributed by atoms with E-state index in [4.69, 9.17) is 9.47 Å². The molecule has 1 heterocycles. The summed E-state index contributed by atoms with van der Waals surface area (Å²) in [6.45, 7) is 0. The zero-order chi connectivity index (χ0) is 12.1. The molecule has 0 aliphatic rings. The minimum Gasteiger partial charge on any atom is -0.464 e. The van der Waals surface area contributed by atoms with Crippen molar-refractivity contribution in [2.45, 2.75) is 6.29 Å². The number of ether oxygens (including phenoxy) is 3. The monoisotopic (exact) mass is 289 g/mol. The van der Waals surface area contributed by atoms with Crippen molar-refractivity contribution in [1.29, 1.82) is 0 Å². The number of halogens is 1. The Morgan fingerprint density at radius 2 is 2.00 bits per heavy atom. The minimum atomic E-state index is -0.654. The van der Waals surface area contributed by atoms with Gasteiger partial charge in [-0.05, 0) is 22.0 Å². The van der Waals surface area contributed by atoms with Crippen LogP contribution in [0, 0.1) is 0 Å². The Balaban J connectivity index is 3.22. The van der Waals surface area contributed by atoms with Crippen LogP contribution in [-0.4, -0.2) is 32.3 Å².